The smallest absolute Gasteiger partial charge is 0.326 e. The molecule has 0 saturated heterocycles. The lowest BCUT2D eigenvalue weighted by Gasteiger charge is -2.17. The SMILES string of the molecule is O=C(CCCCCN1C(=O)C=CC1=O)NC(Cc1cc(I)c(Oc2cc(I)c(O)c(I)c2)c(I)c1)C(=O)O. The van der Waals surface area contributed by atoms with E-state index in [1.807, 2.05) is 57.3 Å². The molecule has 1 aliphatic heterocycles. The third-order valence-electron chi connectivity index (χ3n) is 5.53. The number of carboxylic acid groups (broad SMARTS) is 1. The van der Waals surface area contributed by atoms with Crippen LogP contribution in [0.25, 0.3) is 0 Å². The number of benzene rings is 2. The van der Waals surface area contributed by atoms with Crippen LogP contribution in [0.3, 0.4) is 0 Å². The predicted molar refractivity (Wildman–Crippen MR) is 173 cm³/mol. The van der Waals surface area contributed by atoms with E-state index in [0.29, 0.717) is 44.4 Å². The number of amides is 3. The maximum Gasteiger partial charge on any atom is 0.326 e. The van der Waals surface area contributed by atoms with E-state index in [-0.39, 0.29) is 36.3 Å². The number of hydrogen-bond donors (Lipinski definition) is 3. The minimum atomic E-state index is -1.13. The van der Waals surface area contributed by atoms with Crippen molar-refractivity contribution in [1.82, 2.24) is 10.2 Å². The van der Waals surface area contributed by atoms with Gasteiger partial charge in [-0.1, -0.05) is 6.42 Å². The van der Waals surface area contributed by atoms with Crippen molar-refractivity contribution in [1.29, 1.82) is 0 Å². The molecular formula is C25H22I4N2O7. The van der Waals surface area contributed by atoms with Gasteiger partial charge in [-0.05, 0) is 133 Å². The molecule has 0 radical (unpaired) electrons. The summed E-state index contributed by atoms with van der Waals surface area (Å²) in [6.07, 6.45) is 4.44. The predicted octanol–water partition coefficient (Wildman–Crippen LogP) is 5.20. The first kappa shape index (κ1) is 31.3. The number of halogens is 4. The molecule has 0 bridgehead atoms. The zero-order chi connectivity index (χ0) is 28.0. The van der Waals surface area contributed by atoms with E-state index < -0.39 is 12.0 Å². The molecule has 3 N–H and O–H groups in total. The molecule has 38 heavy (non-hydrogen) atoms. The van der Waals surface area contributed by atoms with E-state index in [4.69, 9.17) is 4.74 Å². The van der Waals surface area contributed by atoms with Gasteiger partial charge in [-0.2, -0.15) is 0 Å². The van der Waals surface area contributed by atoms with Crippen molar-refractivity contribution in [2.75, 3.05) is 6.54 Å². The molecule has 0 saturated carbocycles. The first-order valence-corrected chi connectivity index (χ1v) is 15.7. The van der Waals surface area contributed by atoms with Crippen LogP contribution >= 0.6 is 90.4 Å². The molecule has 2 aromatic carbocycles. The first-order valence-electron chi connectivity index (χ1n) is 11.4. The highest BCUT2D eigenvalue weighted by Crippen LogP contribution is 2.37. The van der Waals surface area contributed by atoms with Crippen LogP contribution in [-0.4, -0.2) is 51.4 Å². The Morgan fingerprint density at radius 2 is 1.47 bits per heavy atom. The van der Waals surface area contributed by atoms with Crippen molar-refractivity contribution < 1.29 is 34.1 Å². The number of imide groups is 1. The Morgan fingerprint density at radius 3 is 2.03 bits per heavy atom. The van der Waals surface area contributed by atoms with Crippen molar-refractivity contribution in [2.24, 2.45) is 0 Å². The number of carbonyl (C=O) groups excluding carboxylic acids is 3. The molecule has 0 aromatic heterocycles. The van der Waals surface area contributed by atoms with Gasteiger partial charge in [0.2, 0.25) is 5.91 Å². The van der Waals surface area contributed by atoms with Gasteiger partial charge in [0.05, 0.1) is 14.3 Å². The van der Waals surface area contributed by atoms with Crippen molar-refractivity contribution in [2.45, 2.75) is 38.1 Å². The minimum Gasteiger partial charge on any atom is -0.506 e. The normalized spacial score (nSPS) is 13.6. The van der Waals surface area contributed by atoms with Crippen molar-refractivity contribution in [3.8, 4) is 17.2 Å². The van der Waals surface area contributed by atoms with Gasteiger partial charge >= 0.3 is 5.97 Å². The Hall–Kier alpha value is -1.22. The van der Waals surface area contributed by atoms with Crippen molar-refractivity contribution in [3.63, 3.8) is 0 Å². The molecular weight excluding hydrogens is 948 g/mol. The van der Waals surface area contributed by atoms with Crippen LogP contribution < -0.4 is 10.1 Å². The van der Waals surface area contributed by atoms with Gasteiger partial charge in [0.25, 0.3) is 11.8 Å². The third kappa shape index (κ3) is 8.64. The molecule has 3 amide bonds. The van der Waals surface area contributed by atoms with Crippen LogP contribution in [0.1, 0.15) is 31.2 Å². The Labute approximate surface area is 273 Å². The van der Waals surface area contributed by atoms with Crippen LogP contribution in [0, 0.1) is 14.3 Å². The largest absolute Gasteiger partial charge is 0.506 e. The summed E-state index contributed by atoms with van der Waals surface area (Å²) in [5.74, 6) is -0.754. The molecule has 1 unspecified atom stereocenters. The highest BCUT2D eigenvalue weighted by atomic mass is 127. The number of rotatable bonds is 12. The number of aromatic hydroxyl groups is 1. The highest BCUT2D eigenvalue weighted by molar-refractivity contribution is 14.1. The average molecular weight is 970 g/mol. The second kappa shape index (κ2) is 14.4. The molecule has 2 aromatic rings. The molecule has 1 atom stereocenters. The van der Waals surface area contributed by atoms with Gasteiger partial charge in [-0.3, -0.25) is 19.3 Å². The zero-order valence-electron chi connectivity index (χ0n) is 19.7. The summed E-state index contributed by atoms with van der Waals surface area (Å²) in [5, 5.41) is 22.3. The summed E-state index contributed by atoms with van der Waals surface area (Å²) < 4.78 is 8.97. The van der Waals surface area contributed by atoms with Gasteiger partial charge < -0.3 is 20.3 Å². The fourth-order valence-electron chi connectivity index (χ4n) is 3.63. The number of carboxylic acids is 1. The Balaban J connectivity index is 1.54. The number of carbonyl (C=O) groups is 4. The average Bonchev–Trinajstić information content (AvgIpc) is 3.16. The van der Waals surface area contributed by atoms with E-state index in [1.54, 1.807) is 12.1 Å². The number of nitrogens with zero attached hydrogens (tertiary/aromatic N) is 1. The standard InChI is InChI=1S/C25H22I4N2O7/c26-15-11-14(12-16(27)23(15)35)38-24-17(28)8-13(9-18(24)29)10-19(25(36)37)30-20(32)4-2-1-3-7-31-21(33)5-6-22(31)34/h5-6,8-9,11-12,19,35H,1-4,7,10H2,(H,30,32)(H,36,37). The quantitative estimate of drug-likeness (QED) is 0.152. The van der Waals surface area contributed by atoms with Gasteiger partial charge in [0.1, 0.15) is 17.5 Å². The lowest BCUT2D eigenvalue weighted by molar-refractivity contribution is -0.141. The number of ether oxygens (including phenoxy) is 1. The Bertz CT molecular complexity index is 1230. The first-order chi connectivity index (χ1) is 18.0. The summed E-state index contributed by atoms with van der Waals surface area (Å²) in [4.78, 5) is 48.5. The van der Waals surface area contributed by atoms with E-state index >= 15 is 0 Å². The summed E-state index contributed by atoms with van der Waals surface area (Å²) >= 11 is 8.32. The summed E-state index contributed by atoms with van der Waals surface area (Å²) in [7, 11) is 0. The number of aliphatic carboxylic acids is 1. The second-order valence-corrected chi connectivity index (χ2v) is 13.0. The number of unbranched alkanes of at least 4 members (excludes halogenated alkanes) is 2. The molecule has 9 nitrogen and oxygen atoms in total. The molecule has 0 aliphatic carbocycles. The van der Waals surface area contributed by atoms with Gasteiger partial charge in [-0.25, -0.2) is 4.79 Å². The number of hydrogen-bond acceptors (Lipinski definition) is 6. The summed E-state index contributed by atoms with van der Waals surface area (Å²) in [6.45, 7) is 0.298. The van der Waals surface area contributed by atoms with E-state index in [1.165, 1.54) is 12.2 Å². The van der Waals surface area contributed by atoms with Crippen molar-refractivity contribution in [3.05, 3.63) is 56.3 Å². The third-order valence-corrected chi connectivity index (χ3v) is 8.77. The highest BCUT2D eigenvalue weighted by Gasteiger charge is 2.23. The topological polar surface area (TPSA) is 133 Å². The molecule has 13 heteroatoms. The van der Waals surface area contributed by atoms with Crippen LogP contribution in [0.2, 0.25) is 0 Å². The maximum absolute atomic E-state index is 12.4. The number of phenols is 1. The van der Waals surface area contributed by atoms with Crippen molar-refractivity contribution >= 4 is 114 Å². The number of nitrogens with one attached hydrogen (secondary N) is 1. The van der Waals surface area contributed by atoms with E-state index in [2.05, 4.69) is 50.5 Å². The van der Waals surface area contributed by atoms with Gasteiger partial charge in [0.15, 0.2) is 5.75 Å². The minimum absolute atomic E-state index is 0.106. The van der Waals surface area contributed by atoms with Crippen LogP contribution in [-0.2, 0) is 25.6 Å². The lowest BCUT2D eigenvalue weighted by atomic mass is 10.1. The Morgan fingerprint density at radius 1 is 0.895 bits per heavy atom. The van der Waals surface area contributed by atoms with Gasteiger partial charge in [0, 0.05) is 31.5 Å². The number of phenolic OH excluding ortho intramolecular Hbond substituents is 1. The fourth-order valence-corrected chi connectivity index (χ4v) is 7.46. The molecule has 3 rings (SSSR count). The molecule has 0 fully saturated rings. The molecule has 1 heterocycles. The van der Waals surface area contributed by atoms with Gasteiger partial charge in [-0.15, -0.1) is 0 Å². The molecule has 0 spiro atoms. The van der Waals surface area contributed by atoms with Crippen LogP contribution in [0.15, 0.2) is 36.4 Å². The lowest BCUT2D eigenvalue weighted by Crippen LogP contribution is -2.42. The fraction of sp³-hybridized carbons (Fsp3) is 0.280. The summed E-state index contributed by atoms with van der Waals surface area (Å²) in [6, 6.07) is 6.03. The van der Waals surface area contributed by atoms with E-state index in [9.17, 15) is 29.4 Å². The molecule has 1 aliphatic rings. The second-order valence-electron chi connectivity index (χ2n) is 8.36. The van der Waals surface area contributed by atoms with E-state index in [0.717, 1.165) is 17.6 Å². The monoisotopic (exact) mass is 970 g/mol. The Kier molecular flexibility index (Phi) is 11.9. The molecule has 202 valence electrons. The summed E-state index contributed by atoms with van der Waals surface area (Å²) in [5.41, 5.74) is 0.738. The maximum atomic E-state index is 12.4. The van der Waals surface area contributed by atoms with Crippen LogP contribution in [0.5, 0.6) is 17.2 Å². The zero-order valence-corrected chi connectivity index (χ0v) is 28.3. The van der Waals surface area contributed by atoms with Crippen LogP contribution in [0.4, 0.5) is 0 Å².